The predicted molar refractivity (Wildman–Crippen MR) is 119 cm³/mol. The van der Waals surface area contributed by atoms with Crippen LogP contribution in [0.1, 0.15) is 33.3 Å². The molecule has 0 fully saturated rings. The maximum absolute atomic E-state index is 12.5. The third-order valence-electron chi connectivity index (χ3n) is 3.88. The molecule has 1 atom stereocenters. The van der Waals surface area contributed by atoms with Crippen LogP contribution in [0.15, 0.2) is 30.3 Å². The minimum Gasteiger partial charge on any atom is -0.465 e. The van der Waals surface area contributed by atoms with Crippen LogP contribution in [0.5, 0.6) is 0 Å². The number of alkyl carbamates (subject to hydrolysis) is 1. The topological polar surface area (TPSA) is 152 Å². The van der Waals surface area contributed by atoms with E-state index in [9.17, 15) is 24.0 Å². The highest BCUT2D eigenvalue weighted by Crippen LogP contribution is 2.06. The summed E-state index contributed by atoms with van der Waals surface area (Å²) in [5.41, 5.74) is 0.0851. The van der Waals surface area contributed by atoms with Gasteiger partial charge in [0.2, 0.25) is 17.7 Å². The second kappa shape index (κ2) is 13.7. The number of rotatable bonds is 11. The Morgan fingerprint density at radius 1 is 0.879 bits per heavy atom. The summed E-state index contributed by atoms with van der Waals surface area (Å²) in [4.78, 5) is 59.8. The fraction of sp³-hybridized carbons (Fsp3) is 0.500. The second-order valence-electron chi connectivity index (χ2n) is 7.96. The quantitative estimate of drug-likeness (QED) is 0.337. The summed E-state index contributed by atoms with van der Waals surface area (Å²) in [6.45, 7) is 5.77. The average Bonchev–Trinajstić information content (AvgIpc) is 2.74. The van der Waals surface area contributed by atoms with E-state index in [0.29, 0.717) is 0 Å². The van der Waals surface area contributed by atoms with Crippen LogP contribution in [0.3, 0.4) is 0 Å². The molecule has 1 aromatic carbocycles. The van der Waals surface area contributed by atoms with E-state index in [2.05, 4.69) is 21.3 Å². The zero-order chi connectivity index (χ0) is 24.9. The van der Waals surface area contributed by atoms with E-state index < -0.39 is 48.0 Å². The molecule has 0 aromatic heterocycles. The van der Waals surface area contributed by atoms with Crippen molar-refractivity contribution in [1.82, 2.24) is 21.3 Å². The zero-order valence-electron chi connectivity index (χ0n) is 19.4. The first kappa shape index (κ1) is 27.4. The van der Waals surface area contributed by atoms with Crippen LogP contribution in [0.25, 0.3) is 0 Å². The SMILES string of the molecule is CCOC(=O)CNC(=O)[C@H](Cc1ccccc1)NC(=O)CNC(=O)CNC(=O)OC(C)(C)C. The van der Waals surface area contributed by atoms with Crippen LogP contribution in [-0.4, -0.2) is 67.7 Å². The summed E-state index contributed by atoms with van der Waals surface area (Å²) in [5, 5.41) is 9.60. The predicted octanol–water partition coefficient (Wildman–Crippen LogP) is 0.0341. The minimum absolute atomic E-state index is 0.176. The van der Waals surface area contributed by atoms with E-state index in [4.69, 9.17) is 9.47 Å². The van der Waals surface area contributed by atoms with Gasteiger partial charge in [0.15, 0.2) is 0 Å². The molecule has 0 aliphatic carbocycles. The number of hydrogen-bond acceptors (Lipinski definition) is 7. The number of amides is 4. The summed E-state index contributed by atoms with van der Waals surface area (Å²) >= 11 is 0. The van der Waals surface area contributed by atoms with Gasteiger partial charge >= 0.3 is 12.1 Å². The Morgan fingerprint density at radius 2 is 1.52 bits per heavy atom. The molecule has 4 amide bonds. The molecular weight excluding hydrogens is 432 g/mol. The molecule has 11 nitrogen and oxygen atoms in total. The molecule has 4 N–H and O–H groups in total. The number of nitrogens with one attached hydrogen (secondary N) is 4. The van der Waals surface area contributed by atoms with Gasteiger partial charge < -0.3 is 30.7 Å². The van der Waals surface area contributed by atoms with Crippen molar-refractivity contribution in [1.29, 1.82) is 0 Å². The summed E-state index contributed by atoms with van der Waals surface area (Å²) in [6, 6.07) is 8.01. The first-order chi connectivity index (χ1) is 15.5. The largest absolute Gasteiger partial charge is 0.465 e. The first-order valence-corrected chi connectivity index (χ1v) is 10.5. The summed E-state index contributed by atoms with van der Waals surface area (Å²) < 4.78 is 9.79. The second-order valence-corrected chi connectivity index (χ2v) is 7.96. The number of carbonyl (C=O) groups is 5. The number of hydrogen-bond donors (Lipinski definition) is 4. The molecule has 0 aliphatic heterocycles. The van der Waals surface area contributed by atoms with E-state index in [-0.39, 0.29) is 26.1 Å². The van der Waals surface area contributed by atoms with Crippen molar-refractivity contribution in [3.05, 3.63) is 35.9 Å². The van der Waals surface area contributed by atoms with Gasteiger partial charge in [-0.3, -0.25) is 19.2 Å². The lowest BCUT2D eigenvalue weighted by molar-refractivity contribution is -0.143. The lowest BCUT2D eigenvalue weighted by Gasteiger charge is -2.20. The first-order valence-electron chi connectivity index (χ1n) is 10.5. The highest BCUT2D eigenvalue weighted by atomic mass is 16.6. The van der Waals surface area contributed by atoms with Gasteiger partial charge in [0.1, 0.15) is 24.7 Å². The van der Waals surface area contributed by atoms with Gasteiger partial charge in [-0.25, -0.2) is 4.79 Å². The fourth-order valence-corrected chi connectivity index (χ4v) is 2.51. The standard InChI is InChI=1S/C22H32N4O7/c1-5-32-19(29)14-24-20(30)16(11-15-9-7-6-8-10-15)26-18(28)13-23-17(27)12-25-21(31)33-22(2,3)4/h6-10,16H,5,11-14H2,1-4H3,(H,23,27)(H,24,30)(H,25,31)(H,26,28)/t16-/m0/s1. The minimum atomic E-state index is -0.980. The fourth-order valence-electron chi connectivity index (χ4n) is 2.51. The molecule has 0 saturated carbocycles. The summed E-state index contributed by atoms with van der Waals surface area (Å²) in [5.74, 6) is -2.39. The van der Waals surface area contributed by atoms with E-state index in [1.54, 1.807) is 52.0 Å². The average molecular weight is 465 g/mol. The van der Waals surface area contributed by atoms with Crippen LogP contribution >= 0.6 is 0 Å². The van der Waals surface area contributed by atoms with Crippen molar-refractivity contribution in [3.8, 4) is 0 Å². The van der Waals surface area contributed by atoms with Crippen molar-refractivity contribution >= 4 is 29.8 Å². The smallest absolute Gasteiger partial charge is 0.408 e. The molecule has 0 saturated heterocycles. The van der Waals surface area contributed by atoms with Gasteiger partial charge in [-0.05, 0) is 33.3 Å². The van der Waals surface area contributed by atoms with Crippen molar-refractivity contribution in [2.45, 2.75) is 45.8 Å². The maximum Gasteiger partial charge on any atom is 0.408 e. The molecule has 11 heteroatoms. The highest BCUT2D eigenvalue weighted by molar-refractivity contribution is 5.92. The number of ether oxygens (including phenoxy) is 2. The molecule has 1 aromatic rings. The molecule has 0 aliphatic rings. The number of esters is 1. The molecule has 0 radical (unpaired) electrons. The van der Waals surface area contributed by atoms with Crippen molar-refractivity contribution in [2.75, 3.05) is 26.2 Å². The molecule has 0 heterocycles. The van der Waals surface area contributed by atoms with Crippen molar-refractivity contribution in [3.63, 3.8) is 0 Å². The Kier molecular flexibility index (Phi) is 11.4. The number of carbonyl (C=O) groups excluding carboxylic acids is 5. The molecule has 182 valence electrons. The van der Waals surface area contributed by atoms with Crippen molar-refractivity contribution < 1.29 is 33.4 Å². The van der Waals surface area contributed by atoms with E-state index >= 15 is 0 Å². The summed E-state index contributed by atoms with van der Waals surface area (Å²) in [6.07, 6.45) is -0.585. The Hall–Kier alpha value is -3.63. The Labute approximate surface area is 193 Å². The van der Waals surface area contributed by atoms with Crippen LogP contribution in [-0.2, 0) is 35.1 Å². The van der Waals surface area contributed by atoms with Crippen molar-refractivity contribution in [2.24, 2.45) is 0 Å². The van der Waals surface area contributed by atoms with Gasteiger partial charge in [0, 0.05) is 6.42 Å². The summed E-state index contributed by atoms with van der Waals surface area (Å²) in [7, 11) is 0. The van der Waals surface area contributed by atoms with Crippen LogP contribution < -0.4 is 21.3 Å². The molecule has 0 spiro atoms. The Morgan fingerprint density at radius 3 is 2.12 bits per heavy atom. The lowest BCUT2D eigenvalue weighted by Crippen LogP contribution is -2.51. The van der Waals surface area contributed by atoms with Crippen LogP contribution in [0.2, 0.25) is 0 Å². The maximum atomic E-state index is 12.5. The van der Waals surface area contributed by atoms with Crippen LogP contribution in [0.4, 0.5) is 4.79 Å². The van der Waals surface area contributed by atoms with Crippen LogP contribution in [0, 0.1) is 0 Å². The van der Waals surface area contributed by atoms with Gasteiger partial charge in [-0.2, -0.15) is 0 Å². The molecular formula is C22H32N4O7. The highest BCUT2D eigenvalue weighted by Gasteiger charge is 2.22. The van der Waals surface area contributed by atoms with E-state index in [0.717, 1.165) is 5.56 Å². The normalized spacial score (nSPS) is 11.5. The number of benzene rings is 1. The molecule has 33 heavy (non-hydrogen) atoms. The molecule has 0 bridgehead atoms. The van der Waals surface area contributed by atoms with Gasteiger partial charge in [0.25, 0.3) is 0 Å². The van der Waals surface area contributed by atoms with Gasteiger partial charge in [-0.1, -0.05) is 30.3 Å². The van der Waals surface area contributed by atoms with Gasteiger partial charge in [-0.15, -0.1) is 0 Å². The Bertz CT molecular complexity index is 822. The third kappa shape index (κ3) is 12.7. The van der Waals surface area contributed by atoms with E-state index in [1.807, 2.05) is 6.07 Å². The molecule has 1 rings (SSSR count). The lowest BCUT2D eigenvalue weighted by atomic mass is 10.1. The van der Waals surface area contributed by atoms with Gasteiger partial charge in [0.05, 0.1) is 13.2 Å². The monoisotopic (exact) mass is 464 g/mol. The third-order valence-corrected chi connectivity index (χ3v) is 3.88. The molecule has 0 unspecified atom stereocenters. The van der Waals surface area contributed by atoms with E-state index in [1.165, 1.54) is 0 Å². The Balaban J connectivity index is 2.58. The zero-order valence-corrected chi connectivity index (χ0v) is 19.4.